The van der Waals surface area contributed by atoms with Crippen LogP contribution in [0.25, 0.3) is 0 Å². The molecular weight excluding hydrogens is 501 g/mol. The molecule has 2 aliphatic heterocycles. The summed E-state index contributed by atoms with van der Waals surface area (Å²) in [6, 6.07) is -0.876. The number of aryl methyl sites for hydroxylation is 1. The summed E-state index contributed by atoms with van der Waals surface area (Å²) in [5, 5.41) is 41.2. The topological polar surface area (TPSA) is 169 Å². The number of thioether (sulfide) groups is 2. The quantitative estimate of drug-likeness (QED) is 0.141. The number of amides is 2. The van der Waals surface area contributed by atoms with Gasteiger partial charge in [0.2, 0.25) is 10.7 Å². The van der Waals surface area contributed by atoms with Crippen molar-refractivity contribution in [1.82, 2.24) is 29.7 Å². The molecule has 16 heteroatoms. The van der Waals surface area contributed by atoms with Crippen molar-refractivity contribution < 1.29 is 54.3 Å². The number of thiazole rings is 1. The number of fused-ring (bicyclic) bond motifs is 1. The molecular formula is C17H18N7NaO5S3. The van der Waals surface area contributed by atoms with E-state index in [9.17, 15) is 24.7 Å². The third kappa shape index (κ3) is 4.88. The number of carboxylic acids is 1. The number of hydrogen-bond donors (Lipinski definition) is 3. The maximum atomic E-state index is 12.7. The maximum Gasteiger partial charge on any atom is 1.00 e. The predicted octanol–water partition coefficient (Wildman–Crippen LogP) is -4.55. The van der Waals surface area contributed by atoms with Crippen molar-refractivity contribution in [3.05, 3.63) is 33.0 Å². The van der Waals surface area contributed by atoms with Crippen molar-refractivity contribution in [2.24, 2.45) is 7.05 Å². The van der Waals surface area contributed by atoms with Gasteiger partial charge in [0.25, 0.3) is 5.91 Å². The fourth-order valence-corrected chi connectivity index (χ4v) is 6.40. The van der Waals surface area contributed by atoms with Gasteiger partial charge >= 0.3 is 29.6 Å². The number of hydrogen-bond acceptors (Lipinski definition) is 11. The molecule has 2 aliphatic rings. The molecule has 170 valence electrons. The zero-order valence-corrected chi connectivity index (χ0v) is 22.3. The first-order valence-corrected chi connectivity index (χ1v) is 12.2. The molecule has 1 saturated heterocycles. The molecule has 0 aromatic carbocycles. The van der Waals surface area contributed by atoms with Gasteiger partial charge < -0.3 is 25.0 Å². The summed E-state index contributed by atoms with van der Waals surface area (Å²) < 4.78 is 2.39. The molecule has 0 spiro atoms. The molecule has 0 radical (unpaired) electrons. The summed E-state index contributed by atoms with van der Waals surface area (Å²) in [7, 11) is 1.81. The van der Waals surface area contributed by atoms with E-state index < -0.39 is 29.2 Å². The van der Waals surface area contributed by atoms with Crippen LogP contribution in [0.3, 0.4) is 0 Å². The van der Waals surface area contributed by atoms with Crippen LogP contribution < -0.4 is 44.8 Å². The summed E-state index contributed by atoms with van der Waals surface area (Å²) in [6.07, 6.45) is -0.213. The Labute approximate surface area is 222 Å². The normalized spacial score (nSPS) is 19.6. The van der Waals surface area contributed by atoms with Crippen molar-refractivity contribution in [2.75, 3.05) is 11.5 Å². The van der Waals surface area contributed by atoms with Gasteiger partial charge in [-0.05, 0) is 12.5 Å². The molecule has 12 nitrogen and oxygen atoms in total. The largest absolute Gasteiger partial charge is 1.00 e. The second-order valence-electron chi connectivity index (χ2n) is 7.09. The Balaban J connectivity index is 0.00000306. The molecule has 2 aromatic rings. The molecule has 33 heavy (non-hydrogen) atoms. The van der Waals surface area contributed by atoms with E-state index in [1.807, 2.05) is 7.05 Å². The van der Waals surface area contributed by atoms with Gasteiger partial charge in [0.05, 0.1) is 23.8 Å². The van der Waals surface area contributed by atoms with Gasteiger partial charge in [-0.3, -0.25) is 19.9 Å². The average molecular weight is 520 g/mol. The van der Waals surface area contributed by atoms with Gasteiger partial charge in [0.15, 0.2) is 5.16 Å². The minimum atomic E-state index is -1.44. The fraction of sp³-hybridized carbons (Fsp3) is 0.412. The first-order chi connectivity index (χ1) is 15.2. The van der Waals surface area contributed by atoms with E-state index in [2.05, 4.69) is 15.5 Å². The Morgan fingerprint density at radius 3 is 2.73 bits per heavy atom. The standard InChI is InChI=1S/C17H19N7O5S3.Na/c1-7-20-21-17(22(7)2)32-5-8-4-30-14-11(13(26)23(14)12(8)15(27)28)19-10(25)3-9-6-31-16(18)24(9)29;/h6,11,14,18,29H,3-5H2,1-2H3,(H,19,25)(H,27,28);/q;+1/p-1/t11?,14-;/m0./s1. The smallest absolute Gasteiger partial charge is 0.543 e. The SMILES string of the molecule is Cc1nnc(SCC2=C(C(=O)[O-])N3C(=O)C(NC(=O)Cc4csc(=N)n4O)[C@@H]3SC2)n1C.[Na+]. The second kappa shape index (κ2) is 10.2. The van der Waals surface area contributed by atoms with E-state index >= 15 is 0 Å². The van der Waals surface area contributed by atoms with Gasteiger partial charge in [0, 0.05) is 23.9 Å². The summed E-state index contributed by atoms with van der Waals surface area (Å²) >= 11 is 3.65. The average Bonchev–Trinajstić information content (AvgIpc) is 3.25. The number of rotatable bonds is 7. The third-order valence-corrected chi connectivity index (χ3v) is 8.33. The Morgan fingerprint density at radius 2 is 2.15 bits per heavy atom. The molecule has 0 saturated carbocycles. The van der Waals surface area contributed by atoms with Crippen LogP contribution in [0.5, 0.6) is 0 Å². The minimum absolute atomic E-state index is 0. The van der Waals surface area contributed by atoms with Crippen molar-refractivity contribution in [3.63, 3.8) is 0 Å². The van der Waals surface area contributed by atoms with Gasteiger partial charge in [-0.1, -0.05) is 11.8 Å². The van der Waals surface area contributed by atoms with Gasteiger partial charge in [0.1, 0.15) is 17.2 Å². The Kier molecular flexibility index (Phi) is 8.01. The number of β-lactam (4-membered cyclic amide) rings is 1. The fourth-order valence-electron chi connectivity index (χ4n) is 3.31. The van der Waals surface area contributed by atoms with E-state index in [4.69, 9.17) is 5.41 Å². The van der Waals surface area contributed by atoms with E-state index in [0.717, 1.165) is 22.1 Å². The van der Waals surface area contributed by atoms with Crippen LogP contribution in [0, 0.1) is 12.3 Å². The van der Waals surface area contributed by atoms with Crippen LogP contribution in [-0.2, 0) is 27.9 Å². The van der Waals surface area contributed by atoms with E-state index in [1.54, 1.807) is 11.5 Å². The molecule has 2 aromatic heterocycles. The van der Waals surface area contributed by atoms with E-state index in [-0.39, 0.29) is 52.2 Å². The number of aromatic nitrogens is 4. The molecule has 3 N–H and O–H groups in total. The molecule has 4 rings (SSSR count). The first kappa shape index (κ1) is 25.8. The summed E-state index contributed by atoms with van der Waals surface area (Å²) in [5.74, 6) is -1.10. The van der Waals surface area contributed by atoms with Crippen molar-refractivity contribution >= 4 is 52.6 Å². The zero-order valence-electron chi connectivity index (χ0n) is 17.9. The first-order valence-electron chi connectivity index (χ1n) is 9.28. The zero-order chi connectivity index (χ0) is 23.2. The maximum absolute atomic E-state index is 12.7. The van der Waals surface area contributed by atoms with Crippen LogP contribution in [0.1, 0.15) is 11.5 Å². The molecule has 1 unspecified atom stereocenters. The number of nitrogens with one attached hydrogen (secondary N) is 2. The van der Waals surface area contributed by atoms with Crippen LogP contribution >= 0.6 is 34.9 Å². The van der Waals surface area contributed by atoms with Gasteiger partial charge in [-0.25, -0.2) is 0 Å². The van der Waals surface area contributed by atoms with E-state index in [0.29, 0.717) is 27.0 Å². The van der Waals surface area contributed by atoms with Gasteiger partial charge in [-0.2, -0.15) is 4.73 Å². The summed E-state index contributed by atoms with van der Waals surface area (Å²) in [4.78, 5) is 37.9. The summed E-state index contributed by atoms with van der Waals surface area (Å²) in [5.41, 5.74) is 0.601. The van der Waals surface area contributed by atoms with Crippen molar-refractivity contribution in [3.8, 4) is 0 Å². The number of carbonyl (C=O) groups is 3. The number of carbonyl (C=O) groups excluding carboxylic acids is 3. The number of carboxylic acid groups (broad SMARTS) is 1. The number of aliphatic carboxylic acids is 1. The molecule has 4 heterocycles. The van der Waals surface area contributed by atoms with Crippen LogP contribution in [0.4, 0.5) is 0 Å². The van der Waals surface area contributed by atoms with E-state index in [1.165, 1.54) is 28.9 Å². The van der Waals surface area contributed by atoms with Crippen molar-refractivity contribution in [1.29, 1.82) is 5.41 Å². The Hall–Kier alpha value is -1.78. The molecule has 2 atom stereocenters. The second-order valence-corrected chi connectivity index (χ2v) is 10.00. The molecule has 0 aliphatic carbocycles. The molecule has 1 fully saturated rings. The monoisotopic (exact) mass is 519 g/mol. The molecule has 0 bridgehead atoms. The molecule has 2 amide bonds. The predicted molar refractivity (Wildman–Crippen MR) is 113 cm³/mol. The number of nitrogens with zero attached hydrogens (tertiary/aromatic N) is 5. The van der Waals surface area contributed by atoms with Crippen LogP contribution in [0.15, 0.2) is 21.8 Å². The Morgan fingerprint density at radius 1 is 1.42 bits per heavy atom. The van der Waals surface area contributed by atoms with Crippen LogP contribution in [-0.4, -0.2) is 70.3 Å². The third-order valence-electron chi connectivity index (χ3n) is 5.10. The summed E-state index contributed by atoms with van der Waals surface area (Å²) in [6.45, 7) is 1.81. The van der Waals surface area contributed by atoms with Crippen LogP contribution in [0.2, 0.25) is 0 Å². The van der Waals surface area contributed by atoms with Gasteiger partial charge in [-0.15, -0.1) is 33.3 Å². The van der Waals surface area contributed by atoms with Crippen molar-refractivity contribution in [2.45, 2.75) is 29.9 Å². The Bertz CT molecular complexity index is 1210. The minimum Gasteiger partial charge on any atom is -0.543 e.